The molecule has 3 heterocycles. The van der Waals surface area contributed by atoms with Crippen LogP contribution in [0.2, 0.25) is 0 Å². The number of pyridine rings is 1. The van der Waals surface area contributed by atoms with Gasteiger partial charge in [0.2, 0.25) is 5.82 Å². The molecule has 9 nitrogen and oxygen atoms in total. The second kappa shape index (κ2) is 6.13. The molecule has 4 aromatic rings. The van der Waals surface area contributed by atoms with Crippen LogP contribution in [0.25, 0.3) is 11.3 Å². The second-order valence-corrected chi connectivity index (χ2v) is 5.41. The van der Waals surface area contributed by atoms with Crippen LogP contribution in [0.15, 0.2) is 71.8 Å². The number of para-hydroxylation sites is 1. The van der Waals surface area contributed by atoms with Crippen molar-refractivity contribution in [1.29, 1.82) is 0 Å². The standard InChI is InChI=1S/C17H12N6O3/c24-17-15(23(25)26)16(19-14-8-4-5-10-21(14)17)18-13-9-11-22(20-13)12-6-2-1-3-7-12/h1-11H,(H,18,20). The minimum atomic E-state index is -0.759. The van der Waals surface area contributed by atoms with Gasteiger partial charge in [-0.05, 0) is 24.3 Å². The van der Waals surface area contributed by atoms with Gasteiger partial charge in [-0.2, -0.15) is 5.10 Å². The third-order valence-corrected chi connectivity index (χ3v) is 3.75. The van der Waals surface area contributed by atoms with Crippen LogP contribution in [-0.4, -0.2) is 24.1 Å². The van der Waals surface area contributed by atoms with Gasteiger partial charge in [-0.25, -0.2) is 9.67 Å². The average Bonchev–Trinajstić information content (AvgIpc) is 3.11. The van der Waals surface area contributed by atoms with Gasteiger partial charge in [0.1, 0.15) is 5.65 Å². The lowest BCUT2D eigenvalue weighted by atomic mass is 10.3. The molecule has 1 aromatic carbocycles. The first kappa shape index (κ1) is 15.5. The molecule has 9 heteroatoms. The third-order valence-electron chi connectivity index (χ3n) is 3.75. The molecule has 0 radical (unpaired) electrons. The van der Waals surface area contributed by atoms with Gasteiger partial charge in [-0.1, -0.05) is 24.3 Å². The minimum absolute atomic E-state index is 0.149. The number of hydrogen-bond donors (Lipinski definition) is 1. The van der Waals surface area contributed by atoms with Gasteiger partial charge in [0.05, 0.1) is 10.6 Å². The summed E-state index contributed by atoms with van der Waals surface area (Å²) in [7, 11) is 0. The highest BCUT2D eigenvalue weighted by Crippen LogP contribution is 2.22. The first-order chi connectivity index (χ1) is 12.6. The predicted octanol–water partition coefficient (Wildman–Crippen LogP) is 2.53. The Hall–Kier alpha value is -4.01. The van der Waals surface area contributed by atoms with Crippen molar-refractivity contribution in [3.05, 3.63) is 87.5 Å². The highest BCUT2D eigenvalue weighted by molar-refractivity contribution is 5.65. The van der Waals surface area contributed by atoms with E-state index in [4.69, 9.17) is 0 Å². The summed E-state index contributed by atoms with van der Waals surface area (Å²) in [6, 6.07) is 15.9. The Morgan fingerprint density at radius 2 is 1.77 bits per heavy atom. The molecule has 0 spiro atoms. The van der Waals surface area contributed by atoms with Crippen molar-refractivity contribution in [1.82, 2.24) is 19.2 Å². The molecule has 0 unspecified atom stereocenters. The van der Waals surface area contributed by atoms with Crippen LogP contribution in [0.3, 0.4) is 0 Å². The zero-order valence-electron chi connectivity index (χ0n) is 13.3. The van der Waals surface area contributed by atoms with E-state index in [9.17, 15) is 14.9 Å². The van der Waals surface area contributed by atoms with Crippen molar-refractivity contribution in [2.75, 3.05) is 5.32 Å². The summed E-state index contributed by atoms with van der Waals surface area (Å²) in [4.78, 5) is 27.3. The molecule has 0 bridgehead atoms. The van der Waals surface area contributed by atoms with Crippen molar-refractivity contribution in [2.45, 2.75) is 0 Å². The maximum atomic E-state index is 12.4. The Morgan fingerprint density at radius 1 is 1.00 bits per heavy atom. The largest absolute Gasteiger partial charge is 0.376 e. The highest BCUT2D eigenvalue weighted by Gasteiger charge is 2.24. The average molecular weight is 348 g/mol. The number of fused-ring (bicyclic) bond motifs is 1. The number of aromatic nitrogens is 4. The second-order valence-electron chi connectivity index (χ2n) is 5.41. The SMILES string of the molecule is O=c1c([N+](=O)[O-])c(Nc2ccn(-c3ccccc3)n2)nc2ccccn12. The van der Waals surface area contributed by atoms with E-state index in [0.717, 1.165) is 10.1 Å². The number of hydrogen-bond acceptors (Lipinski definition) is 6. The van der Waals surface area contributed by atoms with Gasteiger partial charge in [0.25, 0.3) is 0 Å². The Kier molecular flexibility index (Phi) is 3.66. The van der Waals surface area contributed by atoms with Crippen LogP contribution in [0, 0.1) is 10.1 Å². The molecular weight excluding hydrogens is 336 g/mol. The summed E-state index contributed by atoms with van der Waals surface area (Å²) >= 11 is 0. The van der Waals surface area contributed by atoms with E-state index in [0.29, 0.717) is 11.5 Å². The molecular formula is C17H12N6O3. The van der Waals surface area contributed by atoms with Crippen LogP contribution >= 0.6 is 0 Å². The van der Waals surface area contributed by atoms with Crippen molar-refractivity contribution in [3.8, 4) is 5.69 Å². The fraction of sp³-hybridized carbons (Fsp3) is 0. The molecule has 26 heavy (non-hydrogen) atoms. The van der Waals surface area contributed by atoms with Crippen LogP contribution in [0.5, 0.6) is 0 Å². The molecule has 0 fully saturated rings. The molecule has 1 N–H and O–H groups in total. The Morgan fingerprint density at radius 3 is 2.54 bits per heavy atom. The van der Waals surface area contributed by atoms with Gasteiger partial charge >= 0.3 is 11.2 Å². The lowest BCUT2D eigenvalue weighted by Crippen LogP contribution is -2.20. The van der Waals surface area contributed by atoms with Crippen molar-refractivity contribution >= 4 is 23.0 Å². The van der Waals surface area contributed by atoms with Gasteiger partial charge in [-0.3, -0.25) is 19.3 Å². The first-order valence-corrected chi connectivity index (χ1v) is 7.67. The summed E-state index contributed by atoms with van der Waals surface area (Å²) in [5, 5.41) is 18.5. The highest BCUT2D eigenvalue weighted by atomic mass is 16.6. The minimum Gasteiger partial charge on any atom is -0.317 e. The number of nitro groups is 1. The van der Waals surface area contributed by atoms with Crippen molar-refractivity contribution < 1.29 is 4.92 Å². The molecule has 4 rings (SSSR count). The Balaban J connectivity index is 1.78. The van der Waals surface area contributed by atoms with Gasteiger partial charge in [-0.15, -0.1) is 0 Å². The molecule has 0 atom stereocenters. The normalized spacial score (nSPS) is 10.8. The number of anilines is 2. The number of rotatable bonds is 4. The lowest BCUT2D eigenvalue weighted by molar-refractivity contribution is -0.385. The summed E-state index contributed by atoms with van der Waals surface area (Å²) in [6.45, 7) is 0. The van der Waals surface area contributed by atoms with Crippen LogP contribution in [0.4, 0.5) is 17.3 Å². The fourth-order valence-electron chi connectivity index (χ4n) is 2.57. The summed E-state index contributed by atoms with van der Waals surface area (Å²) < 4.78 is 2.74. The van der Waals surface area contributed by atoms with Crippen LogP contribution in [-0.2, 0) is 0 Å². The first-order valence-electron chi connectivity index (χ1n) is 7.67. The molecule has 0 saturated heterocycles. The molecule has 0 amide bonds. The quantitative estimate of drug-likeness (QED) is 0.448. The predicted molar refractivity (Wildman–Crippen MR) is 95.0 cm³/mol. The van der Waals surface area contributed by atoms with E-state index in [-0.39, 0.29) is 5.82 Å². The molecule has 0 aliphatic rings. The van der Waals surface area contributed by atoms with E-state index in [2.05, 4.69) is 15.4 Å². The smallest absolute Gasteiger partial charge is 0.317 e. The van der Waals surface area contributed by atoms with Gasteiger partial charge < -0.3 is 5.32 Å². The zero-order valence-corrected chi connectivity index (χ0v) is 13.3. The topological polar surface area (TPSA) is 107 Å². The fourth-order valence-corrected chi connectivity index (χ4v) is 2.57. The van der Waals surface area contributed by atoms with E-state index in [1.165, 1.54) is 6.20 Å². The number of nitrogens with zero attached hydrogens (tertiary/aromatic N) is 5. The molecule has 3 aromatic heterocycles. The third kappa shape index (κ3) is 2.67. The van der Waals surface area contributed by atoms with E-state index in [1.807, 2.05) is 30.3 Å². The van der Waals surface area contributed by atoms with E-state index < -0.39 is 16.2 Å². The summed E-state index contributed by atoms with van der Waals surface area (Å²) in [5.74, 6) is 0.189. The van der Waals surface area contributed by atoms with Crippen molar-refractivity contribution in [3.63, 3.8) is 0 Å². The van der Waals surface area contributed by atoms with Crippen LogP contribution < -0.4 is 10.9 Å². The monoisotopic (exact) mass is 348 g/mol. The Labute approximate surface area is 146 Å². The van der Waals surface area contributed by atoms with E-state index in [1.54, 1.807) is 35.1 Å². The molecule has 0 aliphatic carbocycles. The van der Waals surface area contributed by atoms with E-state index >= 15 is 0 Å². The maximum Gasteiger partial charge on any atom is 0.376 e. The number of nitrogens with one attached hydrogen (secondary N) is 1. The molecule has 0 aliphatic heterocycles. The molecule has 0 saturated carbocycles. The van der Waals surface area contributed by atoms with Crippen molar-refractivity contribution in [2.24, 2.45) is 0 Å². The Bertz CT molecular complexity index is 1170. The lowest BCUT2D eigenvalue weighted by Gasteiger charge is -2.06. The number of benzene rings is 1. The van der Waals surface area contributed by atoms with Crippen LogP contribution in [0.1, 0.15) is 0 Å². The van der Waals surface area contributed by atoms with Gasteiger partial charge in [0, 0.05) is 18.5 Å². The summed E-state index contributed by atoms with van der Waals surface area (Å²) in [6.07, 6.45) is 3.14. The molecule has 128 valence electrons. The van der Waals surface area contributed by atoms with Gasteiger partial charge in [0.15, 0.2) is 5.82 Å². The summed E-state index contributed by atoms with van der Waals surface area (Å²) in [5.41, 5.74) is -0.261. The zero-order chi connectivity index (χ0) is 18.1. The maximum absolute atomic E-state index is 12.4.